The second-order valence-electron chi connectivity index (χ2n) is 8.29. The minimum atomic E-state index is -0.537. The minimum Gasteiger partial charge on any atom is -0.371 e. The third kappa shape index (κ3) is 2.95. The third-order valence-corrected chi connectivity index (χ3v) is 6.30. The minimum absolute atomic E-state index is 0.121. The average Bonchev–Trinajstić information content (AvgIpc) is 3.52. The molecule has 2 aromatic heterocycles. The lowest BCUT2D eigenvalue weighted by molar-refractivity contribution is 0.0302. The van der Waals surface area contributed by atoms with Crippen molar-refractivity contribution >= 4 is 11.7 Å². The Hall–Kier alpha value is -3.77. The van der Waals surface area contributed by atoms with Crippen molar-refractivity contribution in [1.29, 1.82) is 5.26 Å². The van der Waals surface area contributed by atoms with Gasteiger partial charge in [0.05, 0.1) is 58.6 Å². The van der Waals surface area contributed by atoms with Gasteiger partial charge in [0.25, 0.3) is 5.91 Å². The molecule has 0 radical (unpaired) electrons. The van der Waals surface area contributed by atoms with E-state index in [1.807, 2.05) is 12.1 Å². The lowest BCUT2D eigenvalue weighted by atomic mass is 10.0. The summed E-state index contributed by atoms with van der Waals surface area (Å²) in [6.07, 6.45) is 4.38. The van der Waals surface area contributed by atoms with Gasteiger partial charge >= 0.3 is 0 Å². The number of hydrogen-bond acceptors (Lipinski definition) is 6. The van der Waals surface area contributed by atoms with Gasteiger partial charge in [-0.1, -0.05) is 6.07 Å². The van der Waals surface area contributed by atoms with E-state index in [1.54, 1.807) is 23.0 Å². The Labute approximate surface area is 183 Å². The van der Waals surface area contributed by atoms with Crippen molar-refractivity contribution in [3.8, 4) is 23.0 Å². The maximum atomic E-state index is 14.7. The Morgan fingerprint density at radius 1 is 1.19 bits per heavy atom. The molecule has 160 valence electrons. The van der Waals surface area contributed by atoms with E-state index in [0.29, 0.717) is 22.6 Å². The van der Waals surface area contributed by atoms with Crippen molar-refractivity contribution in [3.63, 3.8) is 0 Å². The Kier molecular flexibility index (Phi) is 4.23. The summed E-state index contributed by atoms with van der Waals surface area (Å²) < 4.78 is 22.2. The standard InChI is InChI=1S/C23H19FN6O2/c24-16-3-1-2-13(9-25)21(16)17-8-19(22-18(27-17)10-26-23(22)31)30-7-6-20(28-30)29-11-14-4-5-15(12-29)32-14/h1-3,6-8,14-15H,4-5,10-12H2,(H,26,31). The average molecular weight is 430 g/mol. The van der Waals surface area contributed by atoms with Gasteiger partial charge in [-0.25, -0.2) is 14.1 Å². The maximum Gasteiger partial charge on any atom is 0.255 e. The largest absolute Gasteiger partial charge is 0.371 e. The number of carbonyl (C=O) groups is 1. The molecule has 5 heterocycles. The third-order valence-electron chi connectivity index (χ3n) is 6.30. The number of nitrogens with zero attached hydrogens (tertiary/aromatic N) is 5. The number of morpholine rings is 1. The first-order valence-electron chi connectivity index (χ1n) is 10.6. The molecule has 2 unspecified atom stereocenters. The first kappa shape index (κ1) is 19.0. The van der Waals surface area contributed by atoms with E-state index in [2.05, 4.69) is 15.2 Å². The molecule has 0 aliphatic carbocycles. The fraction of sp³-hybridized carbons (Fsp3) is 0.304. The van der Waals surface area contributed by atoms with Crippen LogP contribution in [-0.4, -0.2) is 46.0 Å². The van der Waals surface area contributed by atoms with Crippen LogP contribution in [0.25, 0.3) is 16.9 Å². The normalized spacial score (nSPS) is 21.4. The topological polar surface area (TPSA) is 96.1 Å². The molecule has 2 atom stereocenters. The van der Waals surface area contributed by atoms with Crippen LogP contribution in [0.3, 0.4) is 0 Å². The van der Waals surface area contributed by atoms with Gasteiger partial charge in [0.2, 0.25) is 0 Å². The summed E-state index contributed by atoms with van der Waals surface area (Å²) in [6, 6.07) is 9.91. The molecule has 2 saturated heterocycles. The lowest BCUT2D eigenvalue weighted by Crippen LogP contribution is -2.42. The summed E-state index contributed by atoms with van der Waals surface area (Å²) >= 11 is 0. The molecule has 0 saturated carbocycles. The van der Waals surface area contributed by atoms with E-state index in [-0.39, 0.29) is 35.8 Å². The van der Waals surface area contributed by atoms with E-state index in [0.717, 1.165) is 31.7 Å². The summed E-state index contributed by atoms with van der Waals surface area (Å²) in [7, 11) is 0. The molecule has 9 heteroatoms. The van der Waals surface area contributed by atoms with Gasteiger partial charge in [-0.15, -0.1) is 0 Å². The zero-order valence-corrected chi connectivity index (χ0v) is 17.1. The number of ether oxygens (including phenoxy) is 1. The number of anilines is 1. The van der Waals surface area contributed by atoms with Crippen molar-refractivity contribution in [3.05, 3.63) is 59.2 Å². The van der Waals surface area contributed by atoms with E-state index in [9.17, 15) is 14.4 Å². The summed E-state index contributed by atoms with van der Waals surface area (Å²) in [5, 5.41) is 17.0. The van der Waals surface area contributed by atoms with Crippen LogP contribution in [0, 0.1) is 17.1 Å². The molecular weight excluding hydrogens is 411 g/mol. The monoisotopic (exact) mass is 430 g/mol. The van der Waals surface area contributed by atoms with E-state index < -0.39 is 5.82 Å². The van der Waals surface area contributed by atoms with Crippen LogP contribution in [0.2, 0.25) is 0 Å². The SMILES string of the molecule is N#Cc1cccc(F)c1-c1cc(-n2ccc(N3CC4CCC(C3)O4)n2)c2c(n1)CNC2=O. The molecule has 3 aliphatic rings. The predicted octanol–water partition coefficient (Wildman–Crippen LogP) is 2.56. The number of nitrogens with one attached hydrogen (secondary N) is 1. The predicted molar refractivity (Wildman–Crippen MR) is 113 cm³/mol. The van der Waals surface area contributed by atoms with Crippen LogP contribution in [0.4, 0.5) is 10.2 Å². The maximum absolute atomic E-state index is 14.7. The molecule has 2 bridgehead atoms. The Balaban J connectivity index is 1.46. The highest BCUT2D eigenvalue weighted by Gasteiger charge is 2.35. The van der Waals surface area contributed by atoms with Crippen LogP contribution in [0.5, 0.6) is 0 Å². The number of nitriles is 1. The van der Waals surface area contributed by atoms with Gasteiger partial charge in [-0.2, -0.15) is 10.4 Å². The van der Waals surface area contributed by atoms with Gasteiger partial charge < -0.3 is 15.0 Å². The van der Waals surface area contributed by atoms with Crippen molar-refractivity contribution in [1.82, 2.24) is 20.1 Å². The number of carbonyl (C=O) groups excluding carboxylic acids is 1. The lowest BCUT2D eigenvalue weighted by Gasteiger charge is -2.32. The fourth-order valence-electron chi connectivity index (χ4n) is 4.82. The van der Waals surface area contributed by atoms with E-state index >= 15 is 0 Å². The summed E-state index contributed by atoms with van der Waals surface area (Å²) in [5.74, 6) is 0.0218. The quantitative estimate of drug-likeness (QED) is 0.686. The second-order valence-corrected chi connectivity index (χ2v) is 8.29. The van der Waals surface area contributed by atoms with Crippen molar-refractivity contribution in [2.75, 3.05) is 18.0 Å². The smallest absolute Gasteiger partial charge is 0.255 e. The van der Waals surface area contributed by atoms with Crippen molar-refractivity contribution < 1.29 is 13.9 Å². The highest BCUT2D eigenvalue weighted by Crippen LogP contribution is 2.33. The van der Waals surface area contributed by atoms with E-state index in [1.165, 1.54) is 12.1 Å². The Morgan fingerprint density at radius 2 is 2.00 bits per heavy atom. The molecule has 1 amide bonds. The number of aromatic nitrogens is 3. The number of fused-ring (bicyclic) bond motifs is 3. The van der Waals surface area contributed by atoms with Crippen molar-refractivity contribution in [2.45, 2.75) is 31.6 Å². The number of benzene rings is 1. The van der Waals surface area contributed by atoms with Crippen LogP contribution >= 0.6 is 0 Å². The zero-order chi connectivity index (χ0) is 21.8. The van der Waals surface area contributed by atoms with Crippen LogP contribution < -0.4 is 10.2 Å². The molecular formula is C23H19FN6O2. The molecule has 1 N–H and O–H groups in total. The number of pyridine rings is 1. The van der Waals surface area contributed by atoms with Crippen molar-refractivity contribution in [2.24, 2.45) is 0 Å². The molecule has 3 aromatic rings. The number of amides is 1. The van der Waals surface area contributed by atoms with Crippen LogP contribution in [-0.2, 0) is 11.3 Å². The molecule has 8 nitrogen and oxygen atoms in total. The molecule has 0 spiro atoms. The van der Waals surface area contributed by atoms with Gasteiger partial charge in [0, 0.05) is 25.4 Å². The summed E-state index contributed by atoms with van der Waals surface area (Å²) in [5.41, 5.74) is 2.04. The van der Waals surface area contributed by atoms with Crippen LogP contribution in [0.1, 0.15) is 34.5 Å². The summed E-state index contributed by atoms with van der Waals surface area (Å²) in [4.78, 5) is 19.3. The molecule has 1 aromatic carbocycles. The number of hydrogen-bond donors (Lipinski definition) is 1. The highest BCUT2D eigenvalue weighted by atomic mass is 19.1. The number of halogens is 1. The first-order valence-corrected chi connectivity index (χ1v) is 10.6. The zero-order valence-electron chi connectivity index (χ0n) is 17.1. The Morgan fingerprint density at radius 3 is 2.78 bits per heavy atom. The van der Waals surface area contributed by atoms with Gasteiger partial charge in [-0.3, -0.25) is 4.79 Å². The fourth-order valence-corrected chi connectivity index (χ4v) is 4.82. The summed E-state index contributed by atoms with van der Waals surface area (Å²) in [6.45, 7) is 1.81. The highest BCUT2D eigenvalue weighted by molar-refractivity contribution is 6.01. The first-order chi connectivity index (χ1) is 15.6. The van der Waals surface area contributed by atoms with Gasteiger partial charge in [0.1, 0.15) is 5.82 Å². The molecule has 6 rings (SSSR count). The van der Waals surface area contributed by atoms with E-state index in [4.69, 9.17) is 9.84 Å². The van der Waals surface area contributed by atoms with Gasteiger partial charge in [0.15, 0.2) is 5.82 Å². The number of rotatable bonds is 3. The molecule has 32 heavy (non-hydrogen) atoms. The molecule has 2 fully saturated rings. The molecule has 3 aliphatic heterocycles. The van der Waals surface area contributed by atoms with Gasteiger partial charge in [-0.05, 0) is 31.0 Å². The Bertz CT molecular complexity index is 1280. The second kappa shape index (κ2) is 7.14. The van der Waals surface area contributed by atoms with Crippen LogP contribution in [0.15, 0.2) is 36.5 Å².